The zero-order valence-electron chi connectivity index (χ0n) is 8.48. The number of hydrogen-bond acceptors (Lipinski definition) is 1. The Hall–Kier alpha value is -1.20. The van der Waals surface area contributed by atoms with Crippen LogP contribution in [0.1, 0.15) is 6.42 Å². The van der Waals surface area contributed by atoms with Gasteiger partial charge in [-0.3, -0.25) is 0 Å². The fourth-order valence-corrected chi connectivity index (χ4v) is 0.761. The summed E-state index contributed by atoms with van der Waals surface area (Å²) < 4.78 is 43.4. The van der Waals surface area contributed by atoms with E-state index in [9.17, 15) is 0 Å². The molecule has 0 aliphatic carbocycles. The van der Waals surface area contributed by atoms with Crippen molar-refractivity contribution >= 4 is 4.57 Å². The van der Waals surface area contributed by atoms with Crippen LogP contribution in [0.3, 0.4) is 0 Å². The van der Waals surface area contributed by atoms with Gasteiger partial charge < -0.3 is 0 Å². The third-order valence-electron chi connectivity index (χ3n) is 0.926. The SMILES string of the molecule is C=C1CCO[C]1=[Cr].[C-]#[O+].[C-]#[O+].[C-]#[O+].[C-]#[O+].[C-]#[O+]. The van der Waals surface area contributed by atoms with Crippen molar-refractivity contribution in [3.8, 4) is 0 Å². The van der Waals surface area contributed by atoms with Crippen molar-refractivity contribution in [1.29, 1.82) is 0 Å². The molecular formula is C10H6CrO6. The van der Waals surface area contributed by atoms with Crippen molar-refractivity contribution in [2.75, 3.05) is 6.61 Å². The maximum absolute atomic E-state index is 7.50. The van der Waals surface area contributed by atoms with Crippen molar-refractivity contribution in [3.63, 3.8) is 0 Å². The van der Waals surface area contributed by atoms with E-state index in [1.54, 1.807) is 0 Å². The van der Waals surface area contributed by atoms with E-state index in [1.807, 2.05) is 0 Å². The third-order valence-corrected chi connectivity index (χ3v) is 1.56. The van der Waals surface area contributed by atoms with E-state index in [-0.39, 0.29) is 0 Å². The molecule has 0 aromatic heterocycles. The van der Waals surface area contributed by atoms with Crippen LogP contribution in [-0.2, 0) is 43.8 Å². The van der Waals surface area contributed by atoms with Gasteiger partial charge in [-0.1, -0.05) is 0 Å². The predicted molar refractivity (Wildman–Crippen MR) is 44.4 cm³/mol. The van der Waals surface area contributed by atoms with Gasteiger partial charge in [-0.25, -0.2) is 0 Å². The Kier molecular flexibility index (Phi) is 80.9. The molecule has 0 saturated carbocycles. The van der Waals surface area contributed by atoms with E-state index in [2.05, 4.69) is 55.7 Å². The molecule has 0 atom stereocenters. The first-order chi connectivity index (χ1) is 8.30. The number of rotatable bonds is 0. The topological polar surface area (TPSA) is 109 Å². The fourth-order valence-electron chi connectivity index (χ4n) is 0.471. The minimum atomic E-state index is 0.807. The second-order valence-electron chi connectivity index (χ2n) is 1.49. The van der Waals surface area contributed by atoms with Crippen LogP contribution >= 0.6 is 0 Å². The molecule has 88 valence electrons. The van der Waals surface area contributed by atoms with Crippen LogP contribution in [0.5, 0.6) is 0 Å². The van der Waals surface area contributed by atoms with E-state index in [1.165, 1.54) is 0 Å². The Labute approximate surface area is 107 Å². The molecule has 0 N–H and O–H groups in total. The van der Waals surface area contributed by atoms with Crippen LogP contribution in [0.2, 0.25) is 0 Å². The molecule has 1 aliphatic heterocycles. The summed E-state index contributed by atoms with van der Waals surface area (Å²) in [6.45, 7) is 27.0. The van der Waals surface area contributed by atoms with Gasteiger partial charge in [0.15, 0.2) is 0 Å². The Morgan fingerprint density at radius 1 is 0.882 bits per heavy atom. The zero-order chi connectivity index (χ0) is 15.3. The summed E-state index contributed by atoms with van der Waals surface area (Å²) in [5.74, 6) is 0. The molecule has 1 heterocycles. The number of ether oxygens (including phenoxy) is 1. The molecule has 1 fully saturated rings. The molecule has 0 spiro atoms. The average molecular weight is 274 g/mol. The first kappa shape index (κ1) is 29.7. The van der Waals surface area contributed by atoms with Gasteiger partial charge in [0.05, 0.1) is 0 Å². The summed E-state index contributed by atoms with van der Waals surface area (Å²) in [6.07, 6.45) is 0.988. The standard InChI is InChI=1S/C5H6O.5CO.Cr/c1-5-2-3-6-4-5;5*1-2;/h1-3H2;;;;;;. The summed E-state index contributed by atoms with van der Waals surface area (Å²) in [5.41, 5.74) is 1.10. The molecular weight excluding hydrogens is 268 g/mol. The van der Waals surface area contributed by atoms with Crippen molar-refractivity contribution < 1.29 is 43.8 Å². The minimum absolute atomic E-state index is 0.807. The van der Waals surface area contributed by atoms with Crippen LogP contribution in [0.4, 0.5) is 0 Å². The predicted octanol–water partition coefficient (Wildman–Crippen LogP) is 0.452. The van der Waals surface area contributed by atoms with Crippen LogP contribution in [0.15, 0.2) is 12.2 Å². The summed E-state index contributed by atoms with van der Waals surface area (Å²) in [7, 11) is 0. The summed E-state index contributed by atoms with van der Waals surface area (Å²) in [6, 6.07) is 0. The van der Waals surface area contributed by atoms with E-state index < -0.39 is 0 Å². The molecule has 0 aromatic carbocycles. The first-order valence-electron chi connectivity index (χ1n) is 3.17. The Morgan fingerprint density at radius 3 is 1.24 bits per heavy atom. The number of hydrogen-bond donors (Lipinski definition) is 0. The van der Waals surface area contributed by atoms with E-state index in [0.717, 1.165) is 23.2 Å². The van der Waals surface area contributed by atoms with Crippen molar-refractivity contribution in [2.24, 2.45) is 0 Å². The Balaban J connectivity index is -0.0000000413. The van der Waals surface area contributed by atoms with E-state index >= 15 is 0 Å². The second-order valence-corrected chi connectivity index (χ2v) is 2.07. The zero-order valence-corrected chi connectivity index (χ0v) is 9.75. The molecule has 6 nitrogen and oxygen atoms in total. The monoisotopic (exact) mass is 274 g/mol. The van der Waals surface area contributed by atoms with E-state index in [0.29, 0.717) is 0 Å². The summed E-state index contributed by atoms with van der Waals surface area (Å²) in [5, 5.41) is 0. The first-order valence-corrected chi connectivity index (χ1v) is 3.81. The van der Waals surface area contributed by atoms with Gasteiger partial charge in [0, 0.05) is 0 Å². The van der Waals surface area contributed by atoms with Gasteiger partial charge in [0.25, 0.3) is 0 Å². The molecule has 17 heavy (non-hydrogen) atoms. The van der Waals surface area contributed by atoms with Crippen LogP contribution in [-0.4, -0.2) is 11.2 Å². The van der Waals surface area contributed by atoms with Gasteiger partial charge >= 0.3 is 107 Å². The Bertz CT molecular complexity index is 235. The molecule has 0 unspecified atom stereocenters. The fraction of sp³-hybridized carbons (Fsp3) is 0.200. The molecule has 7 heteroatoms. The van der Waals surface area contributed by atoms with Crippen molar-refractivity contribution in [2.45, 2.75) is 6.42 Å². The molecule has 0 radical (unpaired) electrons. The quantitative estimate of drug-likeness (QED) is 0.464. The van der Waals surface area contributed by atoms with Crippen LogP contribution in [0.25, 0.3) is 0 Å². The molecule has 0 bridgehead atoms. The third kappa shape index (κ3) is 31.3. The molecule has 1 rings (SSSR count). The van der Waals surface area contributed by atoms with Gasteiger partial charge in [-0.15, -0.1) is 0 Å². The molecule has 1 saturated heterocycles. The average Bonchev–Trinajstić information content (AvgIpc) is 2.85. The van der Waals surface area contributed by atoms with Gasteiger partial charge in [0.2, 0.25) is 0 Å². The van der Waals surface area contributed by atoms with Crippen LogP contribution in [0, 0.1) is 33.3 Å². The van der Waals surface area contributed by atoms with Gasteiger partial charge in [-0.05, 0) is 0 Å². The van der Waals surface area contributed by atoms with Crippen molar-refractivity contribution in [3.05, 3.63) is 45.4 Å². The summed E-state index contributed by atoms with van der Waals surface area (Å²) in [4.78, 5) is 0. The molecule has 1 aliphatic rings. The van der Waals surface area contributed by atoms with Crippen molar-refractivity contribution in [1.82, 2.24) is 0 Å². The molecule has 0 aromatic rings. The maximum atomic E-state index is 7.50. The second kappa shape index (κ2) is 46.3. The van der Waals surface area contributed by atoms with Crippen LogP contribution < -0.4 is 0 Å². The van der Waals surface area contributed by atoms with E-state index in [4.69, 9.17) is 28.0 Å². The molecule has 0 amide bonds. The summed E-state index contributed by atoms with van der Waals surface area (Å²) >= 11 is 2.78. The normalized spacial score (nSPS) is 9.29. The van der Waals surface area contributed by atoms with Gasteiger partial charge in [-0.2, -0.15) is 0 Å². The Morgan fingerprint density at radius 2 is 1.18 bits per heavy atom. The van der Waals surface area contributed by atoms with Gasteiger partial charge in [0.1, 0.15) is 0 Å².